The molecule has 1 saturated heterocycles. The molecular weight excluding hydrogens is 212 g/mol. The van der Waals surface area contributed by atoms with Gasteiger partial charge in [0.05, 0.1) is 12.5 Å². The van der Waals surface area contributed by atoms with Crippen LogP contribution in [0.2, 0.25) is 0 Å². The Hall–Kier alpha value is -0.220. The van der Waals surface area contributed by atoms with E-state index in [9.17, 15) is 4.79 Å². The molecule has 1 unspecified atom stereocenters. The van der Waals surface area contributed by atoms with Gasteiger partial charge in [0.25, 0.3) is 0 Å². The molecule has 0 aromatic rings. The van der Waals surface area contributed by atoms with Gasteiger partial charge in [0, 0.05) is 12.4 Å². The van der Waals surface area contributed by atoms with Crippen LogP contribution < -0.4 is 0 Å². The number of thioether (sulfide) groups is 1. The number of ether oxygens (including phenoxy) is 2. The lowest BCUT2D eigenvalue weighted by molar-refractivity contribution is -0.148. The molecule has 0 amide bonds. The van der Waals surface area contributed by atoms with Crippen LogP contribution in [-0.4, -0.2) is 36.8 Å². The third-order valence-electron chi connectivity index (χ3n) is 2.36. The van der Waals surface area contributed by atoms with Crippen LogP contribution in [0.15, 0.2) is 0 Å². The first-order chi connectivity index (χ1) is 7.33. The van der Waals surface area contributed by atoms with Gasteiger partial charge in [-0.1, -0.05) is 6.92 Å². The van der Waals surface area contributed by atoms with Crippen LogP contribution in [0.5, 0.6) is 0 Å². The van der Waals surface area contributed by atoms with Crippen LogP contribution in [0.4, 0.5) is 0 Å². The van der Waals surface area contributed by atoms with E-state index in [1.807, 2.05) is 0 Å². The normalized spacial score (nSPS) is 21.3. The molecule has 0 radical (unpaired) electrons. The summed E-state index contributed by atoms with van der Waals surface area (Å²) >= 11 is 1.77. The lowest BCUT2D eigenvalue weighted by Gasteiger charge is -2.21. The van der Waals surface area contributed by atoms with Gasteiger partial charge in [-0.05, 0) is 25.0 Å². The molecule has 15 heavy (non-hydrogen) atoms. The molecule has 1 heterocycles. The zero-order valence-corrected chi connectivity index (χ0v) is 10.2. The second kappa shape index (κ2) is 7.99. The van der Waals surface area contributed by atoms with Gasteiger partial charge in [-0.3, -0.25) is 4.79 Å². The number of esters is 1. The minimum absolute atomic E-state index is 0.0925. The van der Waals surface area contributed by atoms with Crippen molar-refractivity contribution in [2.24, 2.45) is 0 Å². The molecule has 0 aromatic heterocycles. The van der Waals surface area contributed by atoms with E-state index in [1.165, 1.54) is 6.42 Å². The highest BCUT2D eigenvalue weighted by atomic mass is 32.2. The molecule has 1 aliphatic rings. The molecule has 0 spiro atoms. The lowest BCUT2D eigenvalue weighted by atomic mass is 10.1. The van der Waals surface area contributed by atoms with E-state index in [0.717, 1.165) is 31.0 Å². The topological polar surface area (TPSA) is 35.5 Å². The van der Waals surface area contributed by atoms with E-state index in [4.69, 9.17) is 9.47 Å². The first-order valence-electron chi connectivity index (χ1n) is 5.68. The molecule has 4 heteroatoms. The Kier molecular flexibility index (Phi) is 6.85. The highest BCUT2D eigenvalue weighted by Gasteiger charge is 2.15. The van der Waals surface area contributed by atoms with E-state index in [2.05, 4.69) is 6.92 Å². The average Bonchev–Trinajstić information content (AvgIpc) is 2.28. The van der Waals surface area contributed by atoms with E-state index < -0.39 is 0 Å². The third kappa shape index (κ3) is 6.05. The Morgan fingerprint density at radius 3 is 3.07 bits per heavy atom. The first-order valence-corrected chi connectivity index (χ1v) is 6.83. The molecule has 0 bridgehead atoms. The fraction of sp³-hybridized carbons (Fsp3) is 0.909. The van der Waals surface area contributed by atoms with Crippen molar-refractivity contribution >= 4 is 17.7 Å². The average molecular weight is 232 g/mol. The fourth-order valence-electron chi connectivity index (χ4n) is 1.50. The molecule has 0 aromatic carbocycles. The smallest absolute Gasteiger partial charge is 0.306 e. The second-order valence-corrected chi connectivity index (χ2v) is 5.01. The Morgan fingerprint density at radius 2 is 2.40 bits per heavy atom. The van der Waals surface area contributed by atoms with Crippen LogP contribution in [0.25, 0.3) is 0 Å². The van der Waals surface area contributed by atoms with Gasteiger partial charge in [0.1, 0.15) is 6.61 Å². The van der Waals surface area contributed by atoms with Gasteiger partial charge in [0.2, 0.25) is 0 Å². The molecule has 1 aliphatic heterocycles. The Labute approximate surface area is 95.9 Å². The van der Waals surface area contributed by atoms with Crippen molar-refractivity contribution in [1.29, 1.82) is 0 Å². The Balaban J connectivity index is 2.00. The van der Waals surface area contributed by atoms with Gasteiger partial charge < -0.3 is 9.47 Å². The summed E-state index contributed by atoms with van der Waals surface area (Å²) in [4.78, 5) is 11.3. The van der Waals surface area contributed by atoms with Gasteiger partial charge >= 0.3 is 5.97 Å². The van der Waals surface area contributed by atoms with E-state index >= 15 is 0 Å². The van der Waals surface area contributed by atoms with Crippen molar-refractivity contribution in [3.05, 3.63) is 0 Å². The maximum Gasteiger partial charge on any atom is 0.306 e. The predicted octanol–water partition coefficient (Wildman–Crippen LogP) is 2.24. The fourth-order valence-corrected chi connectivity index (χ4v) is 2.10. The van der Waals surface area contributed by atoms with Crippen molar-refractivity contribution in [2.75, 3.05) is 24.7 Å². The molecule has 0 aliphatic carbocycles. The van der Waals surface area contributed by atoms with Crippen LogP contribution in [0.1, 0.15) is 32.6 Å². The Morgan fingerprint density at radius 1 is 1.53 bits per heavy atom. The Bertz CT molecular complexity index is 179. The van der Waals surface area contributed by atoms with Crippen molar-refractivity contribution in [2.45, 2.75) is 38.7 Å². The van der Waals surface area contributed by atoms with Crippen LogP contribution >= 0.6 is 11.8 Å². The summed E-state index contributed by atoms with van der Waals surface area (Å²) in [6, 6.07) is 0. The SMILES string of the molecule is CCSCCC(=O)OCC1CCCCO1. The van der Waals surface area contributed by atoms with Crippen molar-refractivity contribution in [3.63, 3.8) is 0 Å². The minimum Gasteiger partial charge on any atom is -0.463 e. The monoisotopic (exact) mass is 232 g/mol. The number of carbonyl (C=O) groups excluding carboxylic acids is 1. The van der Waals surface area contributed by atoms with Crippen molar-refractivity contribution in [3.8, 4) is 0 Å². The number of carbonyl (C=O) groups is 1. The quantitative estimate of drug-likeness (QED) is 0.520. The van der Waals surface area contributed by atoms with Gasteiger partial charge in [-0.15, -0.1) is 0 Å². The standard InChI is InChI=1S/C11H20O3S/c1-2-15-8-6-11(12)14-9-10-5-3-4-7-13-10/h10H,2-9H2,1H3. The summed E-state index contributed by atoms with van der Waals surface area (Å²) in [5.41, 5.74) is 0. The molecule has 3 nitrogen and oxygen atoms in total. The van der Waals surface area contributed by atoms with Crippen molar-refractivity contribution in [1.82, 2.24) is 0 Å². The molecule has 0 N–H and O–H groups in total. The van der Waals surface area contributed by atoms with E-state index in [1.54, 1.807) is 11.8 Å². The van der Waals surface area contributed by atoms with E-state index in [-0.39, 0.29) is 12.1 Å². The van der Waals surface area contributed by atoms with Gasteiger partial charge in [-0.2, -0.15) is 11.8 Å². The van der Waals surface area contributed by atoms with Crippen LogP contribution in [0.3, 0.4) is 0 Å². The highest BCUT2D eigenvalue weighted by molar-refractivity contribution is 7.99. The predicted molar refractivity (Wildman–Crippen MR) is 62.2 cm³/mol. The molecule has 0 saturated carbocycles. The lowest BCUT2D eigenvalue weighted by Crippen LogP contribution is -2.26. The summed E-state index contributed by atoms with van der Waals surface area (Å²) < 4.78 is 10.6. The van der Waals surface area contributed by atoms with E-state index in [0.29, 0.717) is 13.0 Å². The minimum atomic E-state index is -0.0925. The zero-order valence-electron chi connectivity index (χ0n) is 9.37. The summed E-state index contributed by atoms with van der Waals surface area (Å²) in [5, 5.41) is 0. The highest BCUT2D eigenvalue weighted by Crippen LogP contribution is 2.13. The van der Waals surface area contributed by atoms with Crippen LogP contribution in [0, 0.1) is 0 Å². The van der Waals surface area contributed by atoms with Crippen LogP contribution in [-0.2, 0) is 14.3 Å². The third-order valence-corrected chi connectivity index (χ3v) is 3.26. The summed E-state index contributed by atoms with van der Waals surface area (Å²) in [6.07, 6.45) is 4.01. The maximum atomic E-state index is 11.3. The zero-order chi connectivity index (χ0) is 10.9. The molecule has 1 atom stereocenters. The number of rotatable bonds is 6. The first kappa shape index (κ1) is 12.8. The summed E-state index contributed by atoms with van der Waals surface area (Å²) in [7, 11) is 0. The van der Waals surface area contributed by atoms with Gasteiger partial charge in [0.15, 0.2) is 0 Å². The maximum absolute atomic E-state index is 11.3. The molecular formula is C11H20O3S. The second-order valence-electron chi connectivity index (χ2n) is 3.62. The summed E-state index contributed by atoms with van der Waals surface area (Å²) in [5.74, 6) is 1.82. The van der Waals surface area contributed by atoms with Crippen molar-refractivity contribution < 1.29 is 14.3 Å². The number of hydrogen-bond acceptors (Lipinski definition) is 4. The summed E-state index contributed by atoms with van der Waals surface area (Å²) in [6.45, 7) is 3.34. The largest absolute Gasteiger partial charge is 0.463 e. The molecule has 1 fully saturated rings. The molecule has 1 rings (SSSR count). The molecule has 88 valence electrons. The van der Waals surface area contributed by atoms with Gasteiger partial charge in [-0.25, -0.2) is 0 Å². The number of hydrogen-bond donors (Lipinski definition) is 0.